The van der Waals surface area contributed by atoms with Crippen LogP contribution in [-0.4, -0.2) is 18.4 Å². The molecular weight excluding hydrogens is 2080 g/mol. The SMILES string of the molecule is CCCCCCCCCCc1c(Br)sc2c1sc1c3sc(Br)c(CCCCCCCCCC)c3sc21.CCCCCCCCCCc1c(C)sc2c(CCCCCCCCCC)[c]([Sn]([CH3])([CH3])[CH3])sc12.CCCCCCCCCCc1c(C)sc2c(CCCCCCCCCC)c(-c3sc4c(sc5c6sc(C)c(CCCCCCCCCC)c6sc45)c3CCCCCCCCCC)sc12. The summed E-state index contributed by atoms with van der Waals surface area (Å²) in [6.45, 7) is 25.8. The average Bonchev–Trinajstić information content (AvgIpc) is 1.53. The third-order valence-electron chi connectivity index (χ3n) is 28.9. The number of rotatable bonds is 74. The molecule has 0 radical (unpaired) electrons. The summed E-state index contributed by atoms with van der Waals surface area (Å²) in [5.74, 6) is 0. The van der Waals surface area contributed by atoms with Gasteiger partial charge in [0.1, 0.15) is 0 Å². The third kappa shape index (κ3) is 35.8. The smallest absolute Gasteiger partial charge is 0.0651 e. The predicted octanol–water partition coefficient (Wildman–Crippen LogP) is 49.2. The fraction of sp³-hybridized carbons (Fsp3) is 0.729. The van der Waals surface area contributed by atoms with Crippen LogP contribution >= 0.6 is 168 Å². The van der Waals surface area contributed by atoms with Crippen molar-refractivity contribution >= 4 is 264 Å². The van der Waals surface area contributed by atoms with Gasteiger partial charge in [-0.3, -0.25) is 0 Å². The summed E-state index contributed by atoms with van der Waals surface area (Å²) in [7, 11) is 0. The monoisotopic (exact) mass is 2260 g/mol. The molecule has 0 spiro atoms. The maximum Gasteiger partial charge on any atom is 0.0651 e. The minimum absolute atomic E-state index is 1.23. The molecule has 0 N–H and O–H groups in total. The second-order valence-corrected chi connectivity index (χ2v) is 72.4. The van der Waals surface area contributed by atoms with Crippen molar-refractivity contribution in [1.82, 2.24) is 0 Å². The second kappa shape index (κ2) is 65.7. The van der Waals surface area contributed by atoms with Crippen molar-refractivity contribution in [3.05, 3.63) is 66.7 Å². The van der Waals surface area contributed by atoms with Gasteiger partial charge in [0.15, 0.2) is 0 Å². The van der Waals surface area contributed by atoms with Crippen LogP contribution in [0, 0.1) is 20.8 Å². The van der Waals surface area contributed by atoms with Gasteiger partial charge in [0.2, 0.25) is 0 Å². The Morgan fingerprint density at radius 2 is 0.316 bits per heavy atom. The van der Waals surface area contributed by atoms with Crippen LogP contribution in [0.5, 0.6) is 0 Å². The second-order valence-electron chi connectivity index (χ2n) is 41.6. The molecule has 12 aromatic rings. The van der Waals surface area contributed by atoms with E-state index in [1.54, 1.807) is 144 Å². The Kier molecular flexibility index (Phi) is 56.9. The van der Waals surface area contributed by atoms with Gasteiger partial charge < -0.3 is 0 Å². The molecule has 133 heavy (non-hydrogen) atoms. The first-order valence-electron chi connectivity index (χ1n) is 56.3. The Hall–Kier alpha value is 0.239. The molecule has 0 aliphatic rings. The number of unbranched alkanes of at least 4 members (excludes halogenated alkanes) is 56. The molecule has 0 aromatic carbocycles. The first-order chi connectivity index (χ1) is 65.1. The van der Waals surface area contributed by atoms with Gasteiger partial charge in [-0.2, -0.15) is 0 Å². The number of halogens is 2. The third-order valence-corrected chi connectivity index (χ3v) is 56.7. The van der Waals surface area contributed by atoms with Crippen LogP contribution in [0.3, 0.4) is 0 Å². The van der Waals surface area contributed by atoms with E-state index in [1.165, 1.54) is 470 Å². The van der Waals surface area contributed by atoms with E-state index in [0.717, 1.165) is 0 Å². The summed E-state index contributed by atoms with van der Waals surface area (Å²) in [6.07, 6.45) is 99.9. The van der Waals surface area contributed by atoms with Crippen LogP contribution in [0.1, 0.15) is 525 Å². The van der Waals surface area contributed by atoms with Crippen LogP contribution in [0.15, 0.2) is 7.57 Å². The van der Waals surface area contributed by atoms with Crippen molar-refractivity contribution in [3.63, 3.8) is 0 Å². The maximum atomic E-state index is 3.94. The van der Waals surface area contributed by atoms with E-state index in [0.29, 0.717) is 0 Å². The molecule has 748 valence electrons. The fourth-order valence-corrected chi connectivity index (χ4v) is 47.8. The summed E-state index contributed by atoms with van der Waals surface area (Å²) in [5, 5.41) is 0. The van der Waals surface area contributed by atoms with E-state index in [4.69, 9.17) is 0 Å². The Morgan fingerprint density at radius 1 is 0.158 bits per heavy atom. The van der Waals surface area contributed by atoms with Crippen LogP contribution in [-0.2, 0) is 51.4 Å². The summed E-state index contributed by atoms with van der Waals surface area (Å²) in [6, 6.07) is 0. The van der Waals surface area contributed by atoms with E-state index < -0.39 is 18.4 Å². The minimum atomic E-state index is -2.09. The quantitative estimate of drug-likeness (QED) is 0.0263. The van der Waals surface area contributed by atoms with Gasteiger partial charge in [-0.05, 0) is 156 Å². The Balaban J connectivity index is 0.000000225. The van der Waals surface area contributed by atoms with Crippen molar-refractivity contribution in [1.29, 1.82) is 0 Å². The first-order valence-corrected chi connectivity index (χ1v) is 77.6. The molecule has 15 heteroatoms. The Morgan fingerprint density at radius 3 is 0.579 bits per heavy atom. The van der Waals surface area contributed by atoms with Crippen LogP contribution in [0.2, 0.25) is 14.8 Å². The van der Waals surface area contributed by atoms with Gasteiger partial charge in [0.05, 0.1) is 64.0 Å². The van der Waals surface area contributed by atoms with Crippen molar-refractivity contribution < 1.29 is 0 Å². The summed E-state index contributed by atoms with van der Waals surface area (Å²) in [4.78, 5) is 16.1. The van der Waals surface area contributed by atoms with Gasteiger partial charge in [-0.25, -0.2) is 0 Å². The molecular formula is C118H186Br2S12Sn. The fourth-order valence-electron chi connectivity index (χ4n) is 20.8. The maximum absolute atomic E-state index is 3.94. The molecule has 12 heterocycles. The van der Waals surface area contributed by atoms with Crippen molar-refractivity contribution in [2.45, 2.75) is 553 Å². The van der Waals surface area contributed by atoms with Crippen molar-refractivity contribution in [2.75, 3.05) is 0 Å². The largest absolute Gasteiger partial charge is 0.139 e. The van der Waals surface area contributed by atoms with Gasteiger partial charge in [-0.1, -0.05) is 325 Å². The molecule has 0 amide bonds. The molecule has 0 bridgehead atoms. The molecule has 0 saturated carbocycles. The van der Waals surface area contributed by atoms with E-state index in [2.05, 4.69) is 236 Å². The van der Waals surface area contributed by atoms with E-state index in [9.17, 15) is 0 Å². The van der Waals surface area contributed by atoms with Crippen LogP contribution in [0.4, 0.5) is 0 Å². The number of thiophene rings is 12. The van der Waals surface area contributed by atoms with E-state index in [-0.39, 0.29) is 0 Å². The van der Waals surface area contributed by atoms with Crippen molar-refractivity contribution in [2.24, 2.45) is 0 Å². The van der Waals surface area contributed by atoms with Crippen LogP contribution < -0.4 is 2.89 Å². The average molecular weight is 2270 g/mol. The Labute approximate surface area is 883 Å². The van der Waals surface area contributed by atoms with Crippen LogP contribution in [0.25, 0.3) is 85.0 Å². The number of aryl methyl sites for hydroxylation is 11. The Bertz CT molecular complexity index is 5030. The molecule has 0 fully saturated rings. The summed E-state index contributed by atoms with van der Waals surface area (Å²) < 4.78 is 30.5. The van der Waals surface area contributed by atoms with Gasteiger partial charge in [0.25, 0.3) is 0 Å². The van der Waals surface area contributed by atoms with E-state index in [1.807, 2.05) is 25.6 Å². The van der Waals surface area contributed by atoms with Gasteiger partial charge >= 0.3 is 207 Å². The van der Waals surface area contributed by atoms with Gasteiger partial charge in [0, 0.05) is 28.9 Å². The number of hydrogen-bond donors (Lipinski definition) is 0. The van der Waals surface area contributed by atoms with E-state index >= 15 is 0 Å². The number of hydrogen-bond acceptors (Lipinski definition) is 12. The zero-order valence-corrected chi connectivity index (χ0v) is 103. The molecule has 0 aliphatic carbocycles. The summed E-state index contributed by atoms with van der Waals surface area (Å²) in [5.41, 5.74) is 13.6. The topological polar surface area (TPSA) is 0 Å². The summed E-state index contributed by atoms with van der Waals surface area (Å²) >= 11 is 31.4. The molecule has 0 aliphatic heterocycles. The normalized spacial score (nSPS) is 12.3. The van der Waals surface area contributed by atoms with Gasteiger partial charge in [-0.15, -0.1) is 113 Å². The molecule has 0 atom stereocenters. The molecule has 12 aromatic heterocycles. The van der Waals surface area contributed by atoms with Crippen molar-refractivity contribution in [3.8, 4) is 9.75 Å². The zero-order chi connectivity index (χ0) is 94.4. The molecule has 0 unspecified atom stereocenters. The standard InChI is InChI=1S/C58H90S6.C30H42Br2S4.C27H45S2.3CH3.Sn/c1-7-11-15-19-23-27-31-35-39-45-43(5)59-51-47(41-37-33-29-25-21-17-13-9-3)52(61-49(45)51)53-48(42-38-34-30-26-22-18-14-10-4)54-56(63-53)58-57(64-54)55-50(62-58)46(44(6)60-55)40-36-32-28-24-20-16-12-8-2;1-3-5-7-9-11-13-15-17-19-21-23-25(35-29(21)31)27-28(33-23)26-24(34-27)22(30(32)36-26)20-18-16-14-12-10-8-6-4-2;1-4-6-8-10-12-14-16-18-20-24-22-28-27-25(23(3)29-26(24)27)21-19-17-15-13-11-9-7-5-2;;;;/h7-42H2,1-6H3;3-20H2,1-2H3;4-21H2,1-3H3;3*1H3;. The zero-order valence-electron chi connectivity index (χ0n) is 87.1. The molecule has 0 nitrogen and oxygen atoms in total. The minimum Gasteiger partial charge on any atom is -0.139 e. The molecule has 12 rings (SSSR count). The first kappa shape index (κ1) is 115. The predicted molar refractivity (Wildman–Crippen MR) is 642 cm³/mol. The number of fused-ring (bicyclic) bond motifs is 12. The molecule has 0 saturated heterocycles.